The summed E-state index contributed by atoms with van der Waals surface area (Å²) in [5.74, 6) is -1.89. The standard InChI is InChI=1S/C20H15F3O/c1-12-3-9-17(20(23)19(12)22)16-10-6-14(11-18(16)21)13-4-7-15(24-2)8-5-13/h3-11H,1-2H3. The Morgan fingerprint density at radius 1 is 0.708 bits per heavy atom. The molecular weight excluding hydrogens is 313 g/mol. The topological polar surface area (TPSA) is 9.23 Å². The number of halogens is 3. The second-order valence-electron chi connectivity index (χ2n) is 5.48. The van der Waals surface area contributed by atoms with Crippen molar-refractivity contribution >= 4 is 0 Å². The highest BCUT2D eigenvalue weighted by Crippen LogP contribution is 2.31. The van der Waals surface area contributed by atoms with Crippen LogP contribution in [0.3, 0.4) is 0 Å². The molecule has 0 heterocycles. The molecule has 0 aliphatic carbocycles. The van der Waals surface area contributed by atoms with Crippen LogP contribution in [0.4, 0.5) is 13.2 Å². The first-order valence-corrected chi connectivity index (χ1v) is 7.40. The molecule has 122 valence electrons. The molecule has 0 atom stereocenters. The maximum absolute atomic E-state index is 14.5. The van der Waals surface area contributed by atoms with Crippen molar-refractivity contribution in [2.24, 2.45) is 0 Å². The molecule has 0 saturated carbocycles. The number of hydrogen-bond acceptors (Lipinski definition) is 1. The second kappa shape index (κ2) is 6.40. The van der Waals surface area contributed by atoms with Crippen LogP contribution in [-0.4, -0.2) is 7.11 Å². The second-order valence-corrected chi connectivity index (χ2v) is 5.48. The summed E-state index contributed by atoms with van der Waals surface area (Å²) in [5.41, 5.74) is 1.58. The van der Waals surface area contributed by atoms with Gasteiger partial charge in [-0.25, -0.2) is 13.2 Å². The van der Waals surface area contributed by atoms with Crippen molar-refractivity contribution in [2.45, 2.75) is 6.92 Å². The van der Waals surface area contributed by atoms with E-state index < -0.39 is 17.5 Å². The van der Waals surface area contributed by atoms with Crippen molar-refractivity contribution in [3.05, 3.63) is 77.6 Å². The average molecular weight is 328 g/mol. The van der Waals surface area contributed by atoms with Crippen molar-refractivity contribution in [1.82, 2.24) is 0 Å². The summed E-state index contributed by atoms with van der Waals surface area (Å²) in [6.45, 7) is 1.46. The average Bonchev–Trinajstić information content (AvgIpc) is 2.60. The monoisotopic (exact) mass is 328 g/mol. The van der Waals surface area contributed by atoms with Crippen LogP contribution in [0.25, 0.3) is 22.3 Å². The van der Waals surface area contributed by atoms with Crippen molar-refractivity contribution in [2.75, 3.05) is 7.11 Å². The number of ether oxygens (including phenoxy) is 1. The maximum atomic E-state index is 14.5. The van der Waals surface area contributed by atoms with Crippen LogP contribution < -0.4 is 4.74 Å². The molecule has 0 aliphatic rings. The highest BCUT2D eigenvalue weighted by atomic mass is 19.2. The van der Waals surface area contributed by atoms with E-state index in [9.17, 15) is 13.2 Å². The Morgan fingerprint density at radius 3 is 1.96 bits per heavy atom. The van der Waals surface area contributed by atoms with Gasteiger partial charge in [0.2, 0.25) is 0 Å². The normalized spacial score (nSPS) is 10.7. The number of hydrogen-bond donors (Lipinski definition) is 0. The lowest BCUT2D eigenvalue weighted by molar-refractivity contribution is 0.415. The highest BCUT2D eigenvalue weighted by Gasteiger charge is 2.16. The van der Waals surface area contributed by atoms with Crippen LogP contribution in [0.15, 0.2) is 54.6 Å². The maximum Gasteiger partial charge on any atom is 0.167 e. The Kier molecular flexibility index (Phi) is 4.30. The molecule has 0 amide bonds. The fourth-order valence-electron chi connectivity index (χ4n) is 2.55. The van der Waals surface area contributed by atoms with E-state index in [1.165, 1.54) is 31.2 Å². The molecule has 0 saturated heterocycles. The third kappa shape index (κ3) is 2.87. The van der Waals surface area contributed by atoms with Gasteiger partial charge in [-0.2, -0.15) is 0 Å². The van der Waals surface area contributed by atoms with Gasteiger partial charge in [-0.3, -0.25) is 0 Å². The van der Waals surface area contributed by atoms with Crippen LogP contribution in [0, 0.1) is 24.4 Å². The predicted molar refractivity (Wildman–Crippen MR) is 88.5 cm³/mol. The fraction of sp³-hybridized carbons (Fsp3) is 0.100. The van der Waals surface area contributed by atoms with E-state index in [0.29, 0.717) is 11.3 Å². The molecule has 0 aromatic heterocycles. The molecule has 4 heteroatoms. The summed E-state index contributed by atoms with van der Waals surface area (Å²) in [5, 5.41) is 0. The van der Waals surface area contributed by atoms with Gasteiger partial charge in [-0.1, -0.05) is 36.4 Å². The Morgan fingerprint density at radius 2 is 1.33 bits per heavy atom. The van der Waals surface area contributed by atoms with Crippen molar-refractivity contribution in [1.29, 1.82) is 0 Å². The summed E-state index contributed by atoms with van der Waals surface area (Å²) in [7, 11) is 1.57. The van der Waals surface area contributed by atoms with Gasteiger partial charge >= 0.3 is 0 Å². The Hall–Kier alpha value is -2.75. The zero-order chi connectivity index (χ0) is 17.3. The Bertz CT molecular complexity index is 886. The Balaban J connectivity index is 2.02. The summed E-state index contributed by atoms with van der Waals surface area (Å²) in [4.78, 5) is 0. The number of rotatable bonds is 3. The lowest BCUT2D eigenvalue weighted by atomic mass is 9.98. The van der Waals surface area contributed by atoms with Crippen molar-refractivity contribution in [3.63, 3.8) is 0 Å². The van der Waals surface area contributed by atoms with Crippen molar-refractivity contribution < 1.29 is 17.9 Å². The SMILES string of the molecule is COc1ccc(-c2ccc(-c3ccc(C)c(F)c3F)c(F)c2)cc1. The molecule has 0 radical (unpaired) electrons. The van der Waals surface area contributed by atoms with E-state index in [2.05, 4.69) is 0 Å². The number of methoxy groups -OCH3 is 1. The lowest BCUT2D eigenvalue weighted by Crippen LogP contribution is -1.95. The number of benzene rings is 3. The predicted octanol–water partition coefficient (Wildman–Crippen LogP) is 5.75. The van der Waals surface area contributed by atoms with Crippen LogP contribution in [-0.2, 0) is 0 Å². The Labute approximate surface area is 138 Å². The summed E-state index contributed by atoms with van der Waals surface area (Å²) < 4.78 is 47.3. The third-order valence-corrected chi connectivity index (χ3v) is 3.96. The minimum absolute atomic E-state index is 0.0312. The molecule has 0 spiro atoms. The zero-order valence-electron chi connectivity index (χ0n) is 13.2. The zero-order valence-corrected chi connectivity index (χ0v) is 13.2. The minimum atomic E-state index is -1.04. The van der Waals surface area contributed by atoms with Crippen LogP contribution >= 0.6 is 0 Å². The summed E-state index contributed by atoms with van der Waals surface area (Å²) >= 11 is 0. The number of aryl methyl sites for hydroxylation is 1. The van der Waals surface area contributed by atoms with Gasteiger partial charge < -0.3 is 4.74 Å². The minimum Gasteiger partial charge on any atom is -0.497 e. The highest BCUT2D eigenvalue weighted by molar-refractivity contribution is 5.72. The van der Waals surface area contributed by atoms with Gasteiger partial charge in [0, 0.05) is 11.1 Å². The van der Waals surface area contributed by atoms with Crippen LogP contribution in [0.2, 0.25) is 0 Å². The van der Waals surface area contributed by atoms with Gasteiger partial charge in [-0.15, -0.1) is 0 Å². The largest absolute Gasteiger partial charge is 0.497 e. The van der Waals surface area contributed by atoms with Gasteiger partial charge in [0.15, 0.2) is 11.6 Å². The van der Waals surface area contributed by atoms with E-state index in [1.54, 1.807) is 37.4 Å². The summed E-state index contributed by atoms with van der Waals surface area (Å²) in [6.07, 6.45) is 0. The van der Waals surface area contributed by atoms with E-state index in [4.69, 9.17) is 4.74 Å². The lowest BCUT2D eigenvalue weighted by Gasteiger charge is -2.10. The smallest absolute Gasteiger partial charge is 0.167 e. The molecule has 24 heavy (non-hydrogen) atoms. The van der Waals surface area contributed by atoms with E-state index in [-0.39, 0.29) is 16.7 Å². The first-order chi connectivity index (χ1) is 11.5. The molecule has 0 unspecified atom stereocenters. The fourth-order valence-corrected chi connectivity index (χ4v) is 2.55. The van der Waals surface area contributed by atoms with Gasteiger partial charge in [0.05, 0.1) is 7.11 Å². The molecule has 3 rings (SSSR count). The molecule has 0 bridgehead atoms. The first-order valence-electron chi connectivity index (χ1n) is 7.40. The van der Waals surface area contributed by atoms with Crippen LogP contribution in [0.1, 0.15) is 5.56 Å². The first kappa shape index (κ1) is 16.1. The molecule has 0 fully saturated rings. The van der Waals surface area contributed by atoms with E-state index >= 15 is 0 Å². The van der Waals surface area contributed by atoms with Gasteiger partial charge in [0.25, 0.3) is 0 Å². The van der Waals surface area contributed by atoms with Crippen molar-refractivity contribution in [3.8, 4) is 28.0 Å². The molecule has 3 aromatic carbocycles. The quantitative estimate of drug-likeness (QED) is 0.594. The molecular formula is C20H15F3O. The van der Waals surface area contributed by atoms with E-state index in [1.807, 2.05) is 0 Å². The third-order valence-electron chi connectivity index (χ3n) is 3.96. The summed E-state index contributed by atoms with van der Waals surface area (Å²) in [6, 6.07) is 14.4. The molecule has 0 aliphatic heterocycles. The molecule has 1 nitrogen and oxygen atoms in total. The molecule has 0 N–H and O–H groups in total. The molecule has 3 aromatic rings. The van der Waals surface area contributed by atoms with E-state index in [0.717, 1.165) is 5.56 Å². The van der Waals surface area contributed by atoms with Gasteiger partial charge in [0.1, 0.15) is 11.6 Å². The van der Waals surface area contributed by atoms with Crippen LogP contribution in [0.5, 0.6) is 5.75 Å². The van der Waals surface area contributed by atoms with Gasteiger partial charge in [-0.05, 0) is 41.8 Å².